The highest BCUT2D eigenvalue weighted by Gasteiger charge is 2.38. The van der Waals surface area contributed by atoms with E-state index in [0.29, 0.717) is 27.6 Å². The fourth-order valence-corrected chi connectivity index (χ4v) is 5.70. The largest absolute Gasteiger partial charge is 0.459 e. The summed E-state index contributed by atoms with van der Waals surface area (Å²) in [6.07, 6.45) is 0. The van der Waals surface area contributed by atoms with E-state index < -0.39 is 7.80 Å². The molecular weight excluding hydrogens is 391 g/mol. The second-order valence-corrected chi connectivity index (χ2v) is 9.35. The Labute approximate surface area is 178 Å². The van der Waals surface area contributed by atoms with Crippen LogP contribution in [0.5, 0.6) is 0 Å². The van der Waals surface area contributed by atoms with Gasteiger partial charge in [-0.05, 0) is 64.3 Å². The Bertz CT molecular complexity index is 1170. The summed E-state index contributed by atoms with van der Waals surface area (Å²) < 4.78 is 13.4. The lowest BCUT2D eigenvalue weighted by Crippen LogP contribution is -2.17. The molecule has 0 aliphatic rings. The minimum absolute atomic E-state index is 0.0716. The van der Waals surface area contributed by atoms with Crippen LogP contribution >= 0.6 is 7.80 Å². The van der Waals surface area contributed by atoms with Gasteiger partial charge in [-0.15, -0.1) is 0 Å². The Morgan fingerprint density at radius 3 is 1.87 bits per heavy atom. The van der Waals surface area contributed by atoms with Crippen LogP contribution in [0, 0.1) is 41.5 Å². The molecule has 0 aliphatic carbocycles. The fraction of sp³-hybridized carbons (Fsp3) is 0.231. The van der Waals surface area contributed by atoms with E-state index in [9.17, 15) is 14.2 Å². The van der Waals surface area contributed by atoms with Gasteiger partial charge in [-0.2, -0.15) is 0 Å². The van der Waals surface area contributed by atoms with Crippen molar-refractivity contribution in [1.82, 2.24) is 0 Å². The van der Waals surface area contributed by atoms with Gasteiger partial charge in [0.05, 0.1) is 5.56 Å². The van der Waals surface area contributed by atoms with Crippen LogP contribution in [0.1, 0.15) is 59.7 Å². The number of carbonyl (C=O) groups excluding carboxylic acids is 2. The van der Waals surface area contributed by atoms with Crippen molar-refractivity contribution in [3.63, 3.8) is 0 Å². The minimum atomic E-state index is -2.30. The van der Waals surface area contributed by atoms with Gasteiger partial charge in [-0.1, -0.05) is 52.6 Å². The first-order valence-electron chi connectivity index (χ1n) is 9.93. The topological polar surface area (TPSA) is 51.2 Å². The maximum absolute atomic E-state index is 13.4. The predicted molar refractivity (Wildman–Crippen MR) is 123 cm³/mol. The predicted octanol–water partition coefficient (Wildman–Crippen LogP) is 6.06. The van der Waals surface area contributed by atoms with Crippen LogP contribution in [0.4, 0.5) is 0 Å². The third-order valence-electron chi connectivity index (χ3n) is 5.62. The quantitative estimate of drug-likeness (QED) is 0.374. The highest BCUT2D eigenvalue weighted by atomic mass is 31.1. The molecule has 0 amide bonds. The molecule has 3 aromatic rings. The van der Waals surface area contributed by atoms with Crippen molar-refractivity contribution in [1.29, 1.82) is 0 Å². The molecule has 1 atom stereocenters. The second-order valence-electron chi connectivity index (χ2n) is 7.91. The average molecular weight is 417 g/mol. The zero-order valence-corrected chi connectivity index (χ0v) is 19.2. The number of ketones is 1. The average Bonchev–Trinajstić information content (AvgIpc) is 2.70. The molecular formula is C26H26O3P+. The lowest BCUT2D eigenvalue weighted by Gasteiger charge is -2.11. The molecule has 152 valence electrons. The molecule has 0 spiro atoms. The summed E-state index contributed by atoms with van der Waals surface area (Å²) in [5.41, 5.74) is 6.32. The number of hydrogen-bond acceptors (Lipinski definition) is 3. The number of carbonyl (C=O) groups is 2. The molecule has 0 fully saturated rings. The minimum Gasteiger partial charge on any atom is -0.289 e. The van der Waals surface area contributed by atoms with Crippen molar-refractivity contribution in [2.75, 3.05) is 0 Å². The molecule has 0 saturated carbocycles. The molecule has 0 aliphatic heterocycles. The Morgan fingerprint density at radius 2 is 1.30 bits per heavy atom. The normalized spacial score (nSPS) is 11.3. The molecule has 0 aromatic heterocycles. The molecule has 3 rings (SSSR count). The number of hydrogen-bond donors (Lipinski definition) is 0. The van der Waals surface area contributed by atoms with Crippen molar-refractivity contribution in [3.05, 3.63) is 98.6 Å². The number of benzene rings is 3. The highest BCUT2D eigenvalue weighted by Crippen LogP contribution is 2.34. The summed E-state index contributed by atoms with van der Waals surface area (Å²) in [6, 6.07) is 14.8. The van der Waals surface area contributed by atoms with Crippen LogP contribution in [0.15, 0.2) is 48.5 Å². The maximum atomic E-state index is 13.4. The van der Waals surface area contributed by atoms with E-state index in [4.69, 9.17) is 0 Å². The molecule has 0 heterocycles. The van der Waals surface area contributed by atoms with E-state index in [2.05, 4.69) is 0 Å². The summed E-state index contributed by atoms with van der Waals surface area (Å²) in [7, 11) is -2.30. The van der Waals surface area contributed by atoms with Crippen molar-refractivity contribution in [3.8, 4) is 0 Å². The van der Waals surface area contributed by atoms with Gasteiger partial charge in [-0.3, -0.25) is 4.79 Å². The summed E-state index contributed by atoms with van der Waals surface area (Å²) in [5.74, 6) is -0.0716. The first kappa shape index (κ1) is 21.8. The SMILES string of the molecule is Cc1cc(C)c(C(=O)[P+](=O)c2c(C)cc(C(=O)c3ccccc3)c(C)c2C)c(C)c1. The first-order chi connectivity index (χ1) is 14.1. The van der Waals surface area contributed by atoms with E-state index in [-0.39, 0.29) is 11.3 Å². The van der Waals surface area contributed by atoms with Gasteiger partial charge < -0.3 is 0 Å². The van der Waals surface area contributed by atoms with Crippen molar-refractivity contribution in [2.24, 2.45) is 0 Å². The van der Waals surface area contributed by atoms with Gasteiger partial charge in [0.15, 0.2) is 5.78 Å². The van der Waals surface area contributed by atoms with Crippen molar-refractivity contribution in [2.45, 2.75) is 41.5 Å². The molecule has 0 saturated heterocycles. The Hall–Kier alpha value is -2.90. The zero-order valence-electron chi connectivity index (χ0n) is 18.3. The van der Waals surface area contributed by atoms with Gasteiger partial charge in [-0.25, -0.2) is 4.79 Å². The van der Waals surface area contributed by atoms with Crippen molar-refractivity contribution < 1.29 is 14.2 Å². The van der Waals surface area contributed by atoms with E-state index in [0.717, 1.165) is 27.8 Å². The summed E-state index contributed by atoms with van der Waals surface area (Å²) in [6.45, 7) is 11.2. The van der Waals surface area contributed by atoms with Crippen LogP contribution < -0.4 is 5.30 Å². The lowest BCUT2D eigenvalue weighted by atomic mass is 9.94. The Kier molecular flexibility index (Phi) is 6.14. The molecule has 4 heteroatoms. The van der Waals surface area contributed by atoms with E-state index in [1.807, 2.05) is 71.9 Å². The fourth-order valence-electron chi connectivity index (χ4n) is 4.08. The van der Waals surface area contributed by atoms with Gasteiger partial charge in [0.2, 0.25) is 5.30 Å². The van der Waals surface area contributed by atoms with Crippen LogP contribution in [-0.4, -0.2) is 11.3 Å². The van der Waals surface area contributed by atoms with Gasteiger partial charge in [0.25, 0.3) is 0 Å². The molecule has 0 radical (unpaired) electrons. The molecule has 3 nitrogen and oxygen atoms in total. The monoisotopic (exact) mass is 417 g/mol. The van der Waals surface area contributed by atoms with Crippen LogP contribution in [0.25, 0.3) is 0 Å². The first-order valence-corrected chi connectivity index (χ1v) is 11.2. The van der Waals surface area contributed by atoms with E-state index in [1.165, 1.54) is 0 Å². The zero-order chi connectivity index (χ0) is 22.2. The summed E-state index contributed by atoms with van der Waals surface area (Å²) in [5, 5.41) is 0.538. The third kappa shape index (κ3) is 3.91. The van der Waals surface area contributed by atoms with Gasteiger partial charge in [0.1, 0.15) is 0 Å². The maximum Gasteiger partial charge on any atom is 0.459 e. The molecule has 0 N–H and O–H groups in total. The number of rotatable bonds is 5. The highest BCUT2D eigenvalue weighted by molar-refractivity contribution is 7.71. The van der Waals surface area contributed by atoms with Crippen LogP contribution in [0.3, 0.4) is 0 Å². The standard InChI is InChI=1S/C26H26O3P/c1-15-12-16(2)23(17(3)13-15)26(28)30(29)25-18(4)14-22(19(5)20(25)6)24(27)21-10-8-7-9-11-21/h7-14H,1-6H3/q+1. The second kappa shape index (κ2) is 8.45. The summed E-state index contributed by atoms with van der Waals surface area (Å²) >= 11 is 0. The third-order valence-corrected chi connectivity index (χ3v) is 7.30. The van der Waals surface area contributed by atoms with E-state index >= 15 is 0 Å². The molecule has 0 bridgehead atoms. The summed E-state index contributed by atoms with van der Waals surface area (Å²) in [4.78, 5) is 26.2. The van der Waals surface area contributed by atoms with Crippen LogP contribution in [-0.2, 0) is 4.57 Å². The number of aryl methyl sites for hydroxylation is 4. The Morgan fingerprint density at radius 1 is 0.733 bits per heavy atom. The molecule has 30 heavy (non-hydrogen) atoms. The molecule has 1 unspecified atom stereocenters. The van der Waals surface area contributed by atoms with Crippen LogP contribution in [0.2, 0.25) is 0 Å². The molecule has 3 aromatic carbocycles. The van der Waals surface area contributed by atoms with Gasteiger partial charge in [0, 0.05) is 22.3 Å². The van der Waals surface area contributed by atoms with Crippen molar-refractivity contribution >= 4 is 24.4 Å². The lowest BCUT2D eigenvalue weighted by molar-refractivity contribution is 0.103. The Balaban J connectivity index is 2.08. The smallest absolute Gasteiger partial charge is 0.289 e. The van der Waals surface area contributed by atoms with Gasteiger partial charge >= 0.3 is 13.3 Å². The van der Waals surface area contributed by atoms with E-state index in [1.54, 1.807) is 18.2 Å².